The highest BCUT2D eigenvalue weighted by molar-refractivity contribution is 7.86. The molecule has 0 spiro atoms. The molecule has 1 N–H and O–H groups in total. The van der Waals surface area contributed by atoms with E-state index in [1.54, 1.807) is 31.5 Å². The number of hydrogen-bond donors (Lipinski definition) is 1. The van der Waals surface area contributed by atoms with Crippen LogP contribution in [0.4, 0.5) is 14.6 Å². The van der Waals surface area contributed by atoms with E-state index in [0.29, 0.717) is 27.7 Å². The Kier molecular flexibility index (Phi) is 6.00. The Morgan fingerprint density at radius 2 is 1.83 bits per heavy atom. The summed E-state index contributed by atoms with van der Waals surface area (Å²) in [5.41, 5.74) is 3.54. The van der Waals surface area contributed by atoms with Crippen LogP contribution in [0, 0.1) is 18.6 Å². The average Bonchev–Trinajstić information content (AvgIpc) is 3.38. The number of nitrogens with one attached hydrogen (secondary N) is 1. The number of methoxy groups -OCH3 is 1. The molecule has 3 aromatic carbocycles. The molecule has 0 radical (unpaired) electrons. The van der Waals surface area contributed by atoms with Crippen molar-refractivity contribution in [1.29, 1.82) is 0 Å². The van der Waals surface area contributed by atoms with E-state index < -0.39 is 22.6 Å². The van der Waals surface area contributed by atoms with Crippen LogP contribution in [0.15, 0.2) is 82.5 Å². The first-order valence-electron chi connectivity index (χ1n) is 10.6. The number of benzene rings is 3. The van der Waals surface area contributed by atoms with Crippen molar-refractivity contribution < 1.29 is 22.2 Å². The van der Waals surface area contributed by atoms with E-state index in [1.165, 1.54) is 18.4 Å². The number of aromatic nitrogens is 2. The second-order valence-electron chi connectivity index (χ2n) is 7.79. The number of rotatable bonds is 6. The average molecular weight is 492 g/mol. The smallest absolute Gasteiger partial charge is 0.181 e. The van der Waals surface area contributed by atoms with Gasteiger partial charge in [0.15, 0.2) is 28.4 Å². The second kappa shape index (κ2) is 9.27. The summed E-state index contributed by atoms with van der Waals surface area (Å²) in [7, 11) is 0.0143. The number of halogens is 2. The number of nitrogens with zero attached hydrogens (tertiary/aromatic N) is 2. The molecule has 0 aliphatic rings. The predicted octanol–water partition coefficient (Wildman–Crippen LogP) is 6.29. The van der Waals surface area contributed by atoms with E-state index in [2.05, 4.69) is 14.9 Å². The molecule has 2 heterocycles. The number of anilines is 1. The predicted molar refractivity (Wildman–Crippen MR) is 130 cm³/mol. The van der Waals surface area contributed by atoms with Crippen LogP contribution in [0.2, 0.25) is 0 Å². The Labute approximate surface area is 202 Å². The van der Waals surface area contributed by atoms with Gasteiger partial charge in [-0.15, -0.1) is 0 Å². The lowest BCUT2D eigenvalue weighted by Crippen LogP contribution is -2.04. The SMILES string of the molecule is COc1cc(-c2ccc(F)c(F)c2)c(C)cc1-c1nccc2cc(S(=O)Nc3ccon3)ccc12. The van der Waals surface area contributed by atoms with Crippen molar-refractivity contribution in [2.45, 2.75) is 11.8 Å². The summed E-state index contributed by atoms with van der Waals surface area (Å²) in [4.78, 5) is 5.15. The number of fused-ring (bicyclic) bond motifs is 1. The van der Waals surface area contributed by atoms with Crippen molar-refractivity contribution in [2.24, 2.45) is 0 Å². The quantitative estimate of drug-likeness (QED) is 0.302. The molecule has 5 rings (SSSR count). The van der Waals surface area contributed by atoms with Crippen LogP contribution in [0.5, 0.6) is 5.75 Å². The third-order valence-corrected chi connectivity index (χ3v) is 6.69. The van der Waals surface area contributed by atoms with Gasteiger partial charge in [-0.25, -0.2) is 13.0 Å². The number of ether oxygens (including phenoxy) is 1. The molecule has 176 valence electrons. The highest BCUT2D eigenvalue weighted by Gasteiger charge is 2.17. The standard InChI is InChI=1S/C26H19F2N3O3S/c1-15-11-21(24(33-2)14-20(15)16-3-6-22(27)23(28)13-16)26-19-5-4-18(12-17(19)7-9-29-26)35(32)31-25-8-10-34-30-25/h3-14H,1-2H3,(H,30,31). The van der Waals surface area contributed by atoms with Gasteiger partial charge in [0, 0.05) is 23.2 Å². The van der Waals surface area contributed by atoms with Crippen molar-refractivity contribution in [2.75, 3.05) is 11.8 Å². The summed E-state index contributed by atoms with van der Waals surface area (Å²) >= 11 is 0. The molecule has 5 aromatic rings. The van der Waals surface area contributed by atoms with E-state index in [1.807, 2.05) is 31.2 Å². The Bertz CT molecular complexity index is 1570. The minimum atomic E-state index is -1.53. The van der Waals surface area contributed by atoms with Crippen molar-refractivity contribution >= 4 is 27.6 Å². The topological polar surface area (TPSA) is 77.2 Å². The van der Waals surface area contributed by atoms with Crippen LogP contribution in [0.1, 0.15) is 5.56 Å². The Hall–Kier alpha value is -4.11. The van der Waals surface area contributed by atoms with Crippen LogP contribution in [-0.4, -0.2) is 21.5 Å². The van der Waals surface area contributed by atoms with Gasteiger partial charge in [-0.3, -0.25) is 9.71 Å². The summed E-state index contributed by atoms with van der Waals surface area (Å²) in [6, 6.07) is 16.4. The highest BCUT2D eigenvalue weighted by Crippen LogP contribution is 2.39. The first kappa shape index (κ1) is 22.7. The fourth-order valence-corrected chi connectivity index (χ4v) is 4.76. The van der Waals surface area contributed by atoms with Crippen LogP contribution < -0.4 is 9.46 Å². The Balaban J connectivity index is 1.57. The molecule has 0 aliphatic heterocycles. The monoisotopic (exact) mass is 491 g/mol. The summed E-state index contributed by atoms with van der Waals surface area (Å²) in [6.07, 6.45) is 3.07. The summed E-state index contributed by atoms with van der Waals surface area (Å²) in [5.74, 6) is -0.894. The third kappa shape index (κ3) is 4.38. The lowest BCUT2D eigenvalue weighted by molar-refractivity contribution is 0.416. The molecule has 0 fully saturated rings. The molecule has 35 heavy (non-hydrogen) atoms. The number of pyridine rings is 1. The lowest BCUT2D eigenvalue weighted by Gasteiger charge is -2.15. The van der Waals surface area contributed by atoms with Gasteiger partial charge < -0.3 is 9.26 Å². The lowest BCUT2D eigenvalue weighted by atomic mass is 9.94. The summed E-state index contributed by atoms with van der Waals surface area (Å²) in [6.45, 7) is 1.89. The summed E-state index contributed by atoms with van der Waals surface area (Å²) in [5, 5.41) is 5.40. The molecule has 1 unspecified atom stereocenters. The zero-order chi connectivity index (χ0) is 24.5. The largest absolute Gasteiger partial charge is 0.496 e. The maximum Gasteiger partial charge on any atom is 0.181 e. The summed E-state index contributed by atoms with van der Waals surface area (Å²) < 4.78 is 53.2. The molecule has 0 saturated carbocycles. The van der Waals surface area contributed by atoms with Crippen LogP contribution in [0.25, 0.3) is 33.2 Å². The molecule has 0 amide bonds. The third-order valence-electron chi connectivity index (χ3n) is 5.62. The molecule has 2 aromatic heterocycles. The van der Waals surface area contributed by atoms with Gasteiger partial charge in [0.05, 0.1) is 17.7 Å². The minimum Gasteiger partial charge on any atom is -0.496 e. The zero-order valence-electron chi connectivity index (χ0n) is 18.7. The van der Waals surface area contributed by atoms with Gasteiger partial charge in [0.25, 0.3) is 0 Å². The minimum absolute atomic E-state index is 0.375. The second-order valence-corrected chi connectivity index (χ2v) is 9.01. The van der Waals surface area contributed by atoms with Crippen LogP contribution in [-0.2, 0) is 11.0 Å². The molecule has 0 saturated heterocycles. The van der Waals surface area contributed by atoms with E-state index in [4.69, 9.17) is 9.26 Å². The number of hydrogen-bond acceptors (Lipinski definition) is 5. The first-order chi connectivity index (χ1) is 16.9. The fourth-order valence-electron chi connectivity index (χ4n) is 3.92. The van der Waals surface area contributed by atoms with Gasteiger partial charge in [0.2, 0.25) is 0 Å². The molecule has 6 nitrogen and oxygen atoms in total. The van der Waals surface area contributed by atoms with Crippen molar-refractivity contribution in [1.82, 2.24) is 10.1 Å². The van der Waals surface area contributed by atoms with E-state index in [0.717, 1.165) is 33.5 Å². The van der Waals surface area contributed by atoms with Crippen molar-refractivity contribution in [3.05, 3.63) is 90.3 Å². The Morgan fingerprint density at radius 3 is 2.57 bits per heavy atom. The first-order valence-corrected chi connectivity index (χ1v) is 11.7. The van der Waals surface area contributed by atoms with Gasteiger partial charge in [0.1, 0.15) is 12.0 Å². The van der Waals surface area contributed by atoms with E-state index in [-0.39, 0.29) is 0 Å². The van der Waals surface area contributed by atoms with Crippen LogP contribution >= 0.6 is 0 Å². The molecule has 9 heteroatoms. The molecular weight excluding hydrogens is 472 g/mol. The van der Waals surface area contributed by atoms with Gasteiger partial charge in [-0.2, -0.15) is 0 Å². The maximum absolute atomic E-state index is 13.8. The van der Waals surface area contributed by atoms with Crippen molar-refractivity contribution in [3.63, 3.8) is 0 Å². The van der Waals surface area contributed by atoms with Gasteiger partial charge >= 0.3 is 0 Å². The van der Waals surface area contributed by atoms with E-state index in [9.17, 15) is 13.0 Å². The van der Waals surface area contributed by atoms with Crippen LogP contribution in [0.3, 0.4) is 0 Å². The van der Waals surface area contributed by atoms with Gasteiger partial charge in [-0.1, -0.05) is 17.3 Å². The highest BCUT2D eigenvalue weighted by atomic mass is 32.2. The molecule has 1 atom stereocenters. The molecule has 0 bridgehead atoms. The van der Waals surface area contributed by atoms with Crippen molar-refractivity contribution in [3.8, 4) is 28.1 Å². The molecule has 0 aliphatic carbocycles. The normalized spacial score (nSPS) is 12.0. The molecular formula is C26H19F2N3O3S. The fraction of sp³-hybridized carbons (Fsp3) is 0.0769. The zero-order valence-corrected chi connectivity index (χ0v) is 19.5. The maximum atomic E-state index is 13.8. The Morgan fingerprint density at radius 1 is 0.971 bits per heavy atom. The van der Waals surface area contributed by atoms with Gasteiger partial charge in [-0.05, 0) is 71.5 Å². The number of aryl methyl sites for hydroxylation is 1. The van der Waals surface area contributed by atoms with E-state index >= 15 is 0 Å².